The summed E-state index contributed by atoms with van der Waals surface area (Å²) in [6.45, 7) is 1.93. The molecular formula is C14H12N2O3S. The number of para-hydroxylation sites is 1. The lowest BCUT2D eigenvalue weighted by Gasteiger charge is -1.99. The number of nitrogens with one attached hydrogen (secondary N) is 1. The van der Waals surface area contributed by atoms with E-state index in [1.807, 2.05) is 19.1 Å². The highest BCUT2D eigenvalue weighted by atomic mass is 32.1. The van der Waals surface area contributed by atoms with Gasteiger partial charge >= 0.3 is 0 Å². The molecule has 0 fully saturated rings. The summed E-state index contributed by atoms with van der Waals surface area (Å²) in [7, 11) is 1.56. The Morgan fingerprint density at radius 3 is 3.00 bits per heavy atom. The van der Waals surface area contributed by atoms with Gasteiger partial charge in [0, 0.05) is 16.5 Å². The first kappa shape index (κ1) is 12.7. The van der Waals surface area contributed by atoms with Crippen LogP contribution in [0.15, 0.2) is 34.9 Å². The maximum absolute atomic E-state index is 12.1. The SMILES string of the molecule is COc1cccc2cc(C(=O)Nc3ncc(C)s3)oc12. The Hall–Kier alpha value is -2.34. The van der Waals surface area contributed by atoms with Gasteiger partial charge < -0.3 is 9.15 Å². The van der Waals surface area contributed by atoms with Crippen LogP contribution in [-0.4, -0.2) is 18.0 Å². The van der Waals surface area contributed by atoms with Gasteiger partial charge in [-0.3, -0.25) is 10.1 Å². The molecule has 0 atom stereocenters. The lowest BCUT2D eigenvalue weighted by molar-refractivity contribution is 0.0998. The van der Waals surface area contributed by atoms with E-state index in [-0.39, 0.29) is 11.7 Å². The Labute approximate surface area is 119 Å². The molecule has 0 aliphatic rings. The van der Waals surface area contributed by atoms with Gasteiger partial charge in [0.05, 0.1) is 7.11 Å². The molecular weight excluding hydrogens is 276 g/mol. The van der Waals surface area contributed by atoms with Crippen LogP contribution >= 0.6 is 11.3 Å². The van der Waals surface area contributed by atoms with Crippen molar-refractivity contribution in [2.45, 2.75) is 6.92 Å². The third-order valence-electron chi connectivity index (χ3n) is 2.79. The number of carbonyl (C=O) groups excluding carboxylic acids is 1. The van der Waals surface area contributed by atoms with Crippen LogP contribution in [0.25, 0.3) is 11.0 Å². The van der Waals surface area contributed by atoms with Gasteiger partial charge in [0.25, 0.3) is 5.91 Å². The van der Waals surface area contributed by atoms with Crippen LogP contribution in [-0.2, 0) is 0 Å². The third kappa shape index (κ3) is 2.25. The summed E-state index contributed by atoms with van der Waals surface area (Å²) in [6, 6.07) is 7.19. The Balaban J connectivity index is 1.92. The fraction of sp³-hybridized carbons (Fsp3) is 0.143. The molecule has 20 heavy (non-hydrogen) atoms. The first-order chi connectivity index (χ1) is 9.67. The molecule has 0 aliphatic carbocycles. The number of hydrogen-bond donors (Lipinski definition) is 1. The van der Waals surface area contributed by atoms with E-state index in [9.17, 15) is 4.79 Å². The summed E-state index contributed by atoms with van der Waals surface area (Å²) in [5.74, 6) is 0.515. The maximum atomic E-state index is 12.1. The van der Waals surface area contributed by atoms with Gasteiger partial charge in [-0.05, 0) is 19.1 Å². The van der Waals surface area contributed by atoms with E-state index in [0.717, 1.165) is 10.3 Å². The molecule has 0 radical (unpaired) electrons. The molecule has 0 aliphatic heterocycles. The molecule has 0 saturated heterocycles. The second-order valence-electron chi connectivity index (χ2n) is 4.22. The maximum Gasteiger partial charge on any atom is 0.293 e. The predicted molar refractivity (Wildman–Crippen MR) is 77.6 cm³/mol. The average molecular weight is 288 g/mol. The summed E-state index contributed by atoms with van der Waals surface area (Å²) in [5, 5.41) is 4.09. The lowest BCUT2D eigenvalue weighted by atomic mass is 10.2. The largest absolute Gasteiger partial charge is 0.493 e. The Bertz CT molecular complexity index is 776. The zero-order valence-electron chi connectivity index (χ0n) is 11.0. The van der Waals surface area contributed by atoms with Crippen molar-refractivity contribution in [3.63, 3.8) is 0 Å². The molecule has 6 heteroatoms. The molecule has 3 aromatic rings. The number of aryl methyl sites for hydroxylation is 1. The number of anilines is 1. The highest BCUT2D eigenvalue weighted by molar-refractivity contribution is 7.15. The van der Waals surface area contributed by atoms with E-state index in [4.69, 9.17) is 9.15 Å². The predicted octanol–water partition coefficient (Wildman–Crippen LogP) is 3.46. The summed E-state index contributed by atoms with van der Waals surface area (Å²) in [5.41, 5.74) is 0.565. The molecule has 0 spiro atoms. The van der Waals surface area contributed by atoms with E-state index in [0.29, 0.717) is 16.5 Å². The van der Waals surface area contributed by atoms with Crippen molar-refractivity contribution in [2.24, 2.45) is 0 Å². The number of ether oxygens (including phenoxy) is 1. The second kappa shape index (κ2) is 4.97. The molecule has 1 amide bonds. The van der Waals surface area contributed by atoms with Crippen molar-refractivity contribution >= 4 is 33.3 Å². The van der Waals surface area contributed by atoms with Crippen LogP contribution in [0.1, 0.15) is 15.4 Å². The lowest BCUT2D eigenvalue weighted by Crippen LogP contribution is -2.10. The monoisotopic (exact) mass is 288 g/mol. The van der Waals surface area contributed by atoms with E-state index in [1.165, 1.54) is 11.3 Å². The van der Waals surface area contributed by atoms with Crippen LogP contribution in [0.4, 0.5) is 5.13 Å². The van der Waals surface area contributed by atoms with Crippen LogP contribution in [0.2, 0.25) is 0 Å². The smallest absolute Gasteiger partial charge is 0.293 e. The molecule has 2 heterocycles. The highest BCUT2D eigenvalue weighted by Gasteiger charge is 2.15. The van der Waals surface area contributed by atoms with Crippen LogP contribution < -0.4 is 10.1 Å². The zero-order chi connectivity index (χ0) is 14.1. The standard InChI is InChI=1S/C14H12N2O3S/c1-8-7-15-14(20-8)16-13(17)11-6-9-4-3-5-10(18-2)12(9)19-11/h3-7H,1-2H3,(H,15,16,17). The fourth-order valence-corrected chi connectivity index (χ4v) is 2.54. The fourth-order valence-electron chi connectivity index (χ4n) is 1.88. The Morgan fingerprint density at radius 2 is 2.30 bits per heavy atom. The number of amides is 1. The number of aromatic nitrogens is 1. The van der Waals surface area contributed by atoms with Gasteiger partial charge in [-0.15, -0.1) is 11.3 Å². The summed E-state index contributed by atoms with van der Waals surface area (Å²) >= 11 is 1.42. The number of benzene rings is 1. The van der Waals surface area contributed by atoms with Crippen molar-refractivity contribution in [1.29, 1.82) is 0 Å². The minimum Gasteiger partial charge on any atom is -0.493 e. The average Bonchev–Trinajstić information content (AvgIpc) is 3.04. The van der Waals surface area contributed by atoms with Gasteiger partial charge in [-0.2, -0.15) is 0 Å². The van der Waals surface area contributed by atoms with E-state index >= 15 is 0 Å². The van der Waals surface area contributed by atoms with Gasteiger partial charge in [0.2, 0.25) is 0 Å². The van der Waals surface area contributed by atoms with Crippen molar-refractivity contribution < 1.29 is 13.9 Å². The minimum absolute atomic E-state index is 0.234. The summed E-state index contributed by atoms with van der Waals surface area (Å²) in [6.07, 6.45) is 1.71. The molecule has 0 unspecified atom stereocenters. The Morgan fingerprint density at radius 1 is 1.45 bits per heavy atom. The molecule has 0 saturated carbocycles. The van der Waals surface area contributed by atoms with Crippen molar-refractivity contribution in [2.75, 3.05) is 12.4 Å². The molecule has 3 rings (SSSR count). The van der Waals surface area contributed by atoms with Crippen LogP contribution in [0, 0.1) is 6.92 Å². The number of fused-ring (bicyclic) bond motifs is 1. The second-order valence-corrected chi connectivity index (χ2v) is 5.45. The number of rotatable bonds is 3. The normalized spacial score (nSPS) is 10.7. The van der Waals surface area contributed by atoms with Crippen LogP contribution in [0.3, 0.4) is 0 Å². The van der Waals surface area contributed by atoms with Crippen LogP contribution in [0.5, 0.6) is 5.75 Å². The van der Waals surface area contributed by atoms with E-state index in [1.54, 1.807) is 25.4 Å². The first-order valence-electron chi connectivity index (χ1n) is 5.97. The molecule has 1 aromatic carbocycles. The van der Waals surface area contributed by atoms with Crippen molar-refractivity contribution in [3.05, 3.63) is 41.1 Å². The van der Waals surface area contributed by atoms with Gasteiger partial charge in [-0.1, -0.05) is 12.1 Å². The van der Waals surface area contributed by atoms with E-state index in [2.05, 4.69) is 10.3 Å². The quantitative estimate of drug-likeness (QED) is 0.801. The van der Waals surface area contributed by atoms with Gasteiger partial charge in [0.15, 0.2) is 22.2 Å². The Kier molecular flexibility index (Phi) is 3.15. The number of furan rings is 1. The number of methoxy groups -OCH3 is 1. The minimum atomic E-state index is -0.322. The number of nitrogens with zero attached hydrogens (tertiary/aromatic N) is 1. The molecule has 5 nitrogen and oxygen atoms in total. The summed E-state index contributed by atoms with van der Waals surface area (Å²) in [4.78, 5) is 17.2. The molecule has 1 N–H and O–H groups in total. The highest BCUT2D eigenvalue weighted by Crippen LogP contribution is 2.29. The molecule has 2 aromatic heterocycles. The topological polar surface area (TPSA) is 64.4 Å². The van der Waals surface area contributed by atoms with Gasteiger partial charge in [0.1, 0.15) is 0 Å². The van der Waals surface area contributed by atoms with E-state index < -0.39 is 0 Å². The first-order valence-corrected chi connectivity index (χ1v) is 6.79. The third-order valence-corrected chi connectivity index (χ3v) is 3.62. The molecule has 102 valence electrons. The summed E-state index contributed by atoms with van der Waals surface area (Å²) < 4.78 is 10.8. The van der Waals surface area contributed by atoms with Gasteiger partial charge in [-0.25, -0.2) is 4.98 Å². The number of hydrogen-bond acceptors (Lipinski definition) is 5. The number of carbonyl (C=O) groups is 1. The molecule has 0 bridgehead atoms. The van der Waals surface area contributed by atoms with Crippen molar-refractivity contribution in [1.82, 2.24) is 4.98 Å². The zero-order valence-corrected chi connectivity index (χ0v) is 11.8. The van der Waals surface area contributed by atoms with Crippen molar-refractivity contribution in [3.8, 4) is 5.75 Å². The number of thiazole rings is 1.